The van der Waals surface area contributed by atoms with Gasteiger partial charge in [-0.05, 0) is 31.0 Å². The number of anilines is 1. The second kappa shape index (κ2) is 6.33. The van der Waals surface area contributed by atoms with E-state index in [1.54, 1.807) is 13.0 Å². The number of methoxy groups -OCH3 is 1. The van der Waals surface area contributed by atoms with Crippen molar-refractivity contribution < 1.29 is 14.6 Å². The molecule has 0 aliphatic carbocycles. The van der Waals surface area contributed by atoms with Crippen LogP contribution in [-0.4, -0.2) is 37.4 Å². The van der Waals surface area contributed by atoms with Crippen molar-refractivity contribution in [2.24, 2.45) is 0 Å². The van der Waals surface area contributed by atoms with E-state index in [4.69, 9.17) is 11.6 Å². The number of benzene rings is 1. The SMILES string of the molecule is COC(=O)NC1CCN(c2ccc([C@@H](C)O)cc2Cl)C1. The molecule has 0 spiro atoms. The number of aliphatic hydroxyl groups excluding tert-OH is 1. The van der Waals surface area contributed by atoms with Crippen LogP contribution in [0.25, 0.3) is 0 Å². The van der Waals surface area contributed by atoms with Gasteiger partial charge in [0.05, 0.1) is 30.0 Å². The summed E-state index contributed by atoms with van der Waals surface area (Å²) in [5.41, 5.74) is 1.72. The number of carbonyl (C=O) groups excluding carboxylic acids is 1. The third kappa shape index (κ3) is 3.35. The third-order valence-corrected chi connectivity index (χ3v) is 3.79. The first kappa shape index (κ1) is 14.9. The molecule has 0 bridgehead atoms. The average Bonchev–Trinajstić information content (AvgIpc) is 2.86. The summed E-state index contributed by atoms with van der Waals surface area (Å²) < 4.78 is 4.60. The van der Waals surface area contributed by atoms with Gasteiger partial charge in [-0.2, -0.15) is 0 Å². The number of halogens is 1. The van der Waals surface area contributed by atoms with E-state index >= 15 is 0 Å². The topological polar surface area (TPSA) is 61.8 Å². The minimum Gasteiger partial charge on any atom is -0.453 e. The maximum Gasteiger partial charge on any atom is 0.407 e. The van der Waals surface area contributed by atoms with Gasteiger partial charge >= 0.3 is 6.09 Å². The highest BCUT2D eigenvalue weighted by molar-refractivity contribution is 6.33. The van der Waals surface area contributed by atoms with Crippen molar-refractivity contribution in [3.05, 3.63) is 28.8 Å². The number of hydrogen-bond acceptors (Lipinski definition) is 4. The fraction of sp³-hybridized carbons (Fsp3) is 0.500. The first-order valence-electron chi connectivity index (χ1n) is 6.58. The van der Waals surface area contributed by atoms with Gasteiger partial charge < -0.3 is 20.1 Å². The molecule has 0 radical (unpaired) electrons. The molecule has 1 unspecified atom stereocenters. The van der Waals surface area contributed by atoms with Crippen molar-refractivity contribution in [1.29, 1.82) is 0 Å². The predicted molar refractivity (Wildman–Crippen MR) is 78.2 cm³/mol. The van der Waals surface area contributed by atoms with Crippen molar-refractivity contribution in [1.82, 2.24) is 5.32 Å². The Hall–Kier alpha value is -1.46. The van der Waals surface area contributed by atoms with Crippen LogP contribution in [-0.2, 0) is 4.74 Å². The van der Waals surface area contributed by atoms with E-state index in [-0.39, 0.29) is 6.04 Å². The molecule has 2 atom stereocenters. The summed E-state index contributed by atoms with van der Waals surface area (Å²) in [5, 5.41) is 12.9. The predicted octanol–water partition coefficient (Wildman–Crippen LogP) is 2.33. The van der Waals surface area contributed by atoms with Crippen molar-refractivity contribution >= 4 is 23.4 Å². The van der Waals surface area contributed by atoms with Crippen LogP contribution in [0, 0.1) is 0 Å². The molecule has 5 nitrogen and oxygen atoms in total. The van der Waals surface area contributed by atoms with Crippen LogP contribution in [0.3, 0.4) is 0 Å². The van der Waals surface area contributed by atoms with Crippen LogP contribution in [0.2, 0.25) is 5.02 Å². The molecule has 1 amide bonds. The molecule has 20 heavy (non-hydrogen) atoms. The van der Waals surface area contributed by atoms with Gasteiger partial charge in [-0.25, -0.2) is 4.79 Å². The van der Waals surface area contributed by atoms with E-state index in [0.717, 1.165) is 24.2 Å². The van der Waals surface area contributed by atoms with Gasteiger partial charge in [-0.15, -0.1) is 0 Å². The minimum absolute atomic E-state index is 0.0648. The molecule has 1 aliphatic rings. The first-order valence-corrected chi connectivity index (χ1v) is 6.96. The molecular weight excluding hydrogens is 280 g/mol. The van der Waals surface area contributed by atoms with Crippen molar-refractivity contribution in [2.45, 2.75) is 25.5 Å². The van der Waals surface area contributed by atoms with Crippen LogP contribution in [0.1, 0.15) is 25.0 Å². The molecule has 6 heteroatoms. The summed E-state index contributed by atoms with van der Waals surface area (Å²) in [5.74, 6) is 0. The fourth-order valence-electron chi connectivity index (χ4n) is 2.36. The van der Waals surface area contributed by atoms with E-state index in [9.17, 15) is 9.90 Å². The Morgan fingerprint density at radius 2 is 2.35 bits per heavy atom. The summed E-state index contributed by atoms with van der Waals surface area (Å²) in [4.78, 5) is 13.3. The monoisotopic (exact) mass is 298 g/mol. The lowest BCUT2D eigenvalue weighted by Crippen LogP contribution is -2.37. The van der Waals surface area contributed by atoms with Crippen LogP contribution in [0.5, 0.6) is 0 Å². The maximum atomic E-state index is 11.2. The molecule has 1 aromatic carbocycles. The molecule has 1 aliphatic heterocycles. The summed E-state index contributed by atoms with van der Waals surface area (Å²) in [7, 11) is 1.35. The summed E-state index contributed by atoms with van der Waals surface area (Å²) >= 11 is 6.27. The van der Waals surface area contributed by atoms with Crippen molar-refractivity contribution in [2.75, 3.05) is 25.1 Å². The molecule has 2 N–H and O–H groups in total. The first-order chi connectivity index (χ1) is 9.51. The Kier molecular flexibility index (Phi) is 4.73. The third-order valence-electron chi connectivity index (χ3n) is 3.49. The lowest BCUT2D eigenvalue weighted by Gasteiger charge is -2.21. The van der Waals surface area contributed by atoms with E-state index in [2.05, 4.69) is 15.0 Å². The highest BCUT2D eigenvalue weighted by Gasteiger charge is 2.25. The Morgan fingerprint density at radius 3 is 2.95 bits per heavy atom. The highest BCUT2D eigenvalue weighted by Crippen LogP contribution is 2.31. The Balaban J connectivity index is 2.04. The molecule has 1 fully saturated rings. The van der Waals surface area contributed by atoms with Gasteiger partial charge in [-0.3, -0.25) is 0 Å². The molecule has 0 saturated carbocycles. The van der Waals surface area contributed by atoms with Crippen LogP contribution < -0.4 is 10.2 Å². The number of alkyl carbamates (subject to hydrolysis) is 1. The summed E-state index contributed by atoms with van der Waals surface area (Å²) in [6.45, 7) is 3.22. The largest absolute Gasteiger partial charge is 0.453 e. The molecule has 110 valence electrons. The molecule has 2 rings (SSSR count). The number of carbonyl (C=O) groups is 1. The number of ether oxygens (including phenoxy) is 1. The van der Waals surface area contributed by atoms with Gasteiger partial charge in [0.25, 0.3) is 0 Å². The number of aliphatic hydroxyl groups is 1. The summed E-state index contributed by atoms with van der Waals surface area (Å²) in [6.07, 6.45) is -0.0925. The van der Waals surface area contributed by atoms with Gasteiger partial charge in [-0.1, -0.05) is 17.7 Å². The van der Waals surface area contributed by atoms with Gasteiger partial charge in [0, 0.05) is 13.1 Å². The van der Waals surface area contributed by atoms with Gasteiger partial charge in [0.1, 0.15) is 0 Å². The quantitative estimate of drug-likeness (QED) is 0.899. The standard InChI is InChI=1S/C14H19ClN2O3/c1-9(18)10-3-4-13(12(15)7-10)17-6-5-11(8-17)16-14(19)20-2/h3-4,7,9,11,18H,5-6,8H2,1-2H3,(H,16,19)/t9-,11?/m1/s1. The van der Waals surface area contributed by atoms with E-state index in [1.807, 2.05) is 12.1 Å². The number of nitrogens with one attached hydrogen (secondary N) is 1. The number of hydrogen-bond donors (Lipinski definition) is 2. The van der Waals surface area contributed by atoms with E-state index < -0.39 is 12.2 Å². The minimum atomic E-state index is -0.533. The molecular formula is C14H19ClN2O3. The Labute approximate surface area is 123 Å². The summed E-state index contributed by atoms with van der Waals surface area (Å²) in [6, 6.07) is 5.62. The Morgan fingerprint density at radius 1 is 1.60 bits per heavy atom. The average molecular weight is 299 g/mol. The highest BCUT2D eigenvalue weighted by atomic mass is 35.5. The molecule has 1 heterocycles. The lowest BCUT2D eigenvalue weighted by atomic mass is 10.1. The van der Waals surface area contributed by atoms with Crippen LogP contribution in [0.4, 0.5) is 10.5 Å². The van der Waals surface area contributed by atoms with E-state index in [1.165, 1.54) is 7.11 Å². The number of amides is 1. The zero-order valence-corrected chi connectivity index (χ0v) is 12.4. The van der Waals surface area contributed by atoms with Crippen molar-refractivity contribution in [3.8, 4) is 0 Å². The molecule has 1 saturated heterocycles. The number of nitrogens with zero attached hydrogens (tertiary/aromatic N) is 1. The van der Waals surface area contributed by atoms with Gasteiger partial charge in [0.2, 0.25) is 0 Å². The lowest BCUT2D eigenvalue weighted by molar-refractivity contribution is 0.167. The fourth-order valence-corrected chi connectivity index (χ4v) is 2.67. The molecule has 1 aromatic rings. The van der Waals surface area contributed by atoms with Crippen LogP contribution in [0.15, 0.2) is 18.2 Å². The second-order valence-electron chi connectivity index (χ2n) is 4.95. The van der Waals surface area contributed by atoms with E-state index in [0.29, 0.717) is 11.6 Å². The second-order valence-corrected chi connectivity index (χ2v) is 5.36. The van der Waals surface area contributed by atoms with Crippen molar-refractivity contribution in [3.63, 3.8) is 0 Å². The van der Waals surface area contributed by atoms with Gasteiger partial charge in [0.15, 0.2) is 0 Å². The molecule has 0 aromatic heterocycles. The zero-order valence-electron chi connectivity index (χ0n) is 11.6. The normalized spacial score (nSPS) is 19.8. The smallest absolute Gasteiger partial charge is 0.407 e. The Bertz CT molecular complexity index is 493. The number of rotatable bonds is 3. The van der Waals surface area contributed by atoms with Crippen LogP contribution >= 0.6 is 11.6 Å². The maximum absolute atomic E-state index is 11.2. The zero-order chi connectivity index (χ0) is 14.7.